The number of benzene rings is 1. The van der Waals surface area contributed by atoms with Crippen LogP contribution in [0.3, 0.4) is 0 Å². The van der Waals surface area contributed by atoms with Gasteiger partial charge in [-0.1, -0.05) is 25.5 Å². The van der Waals surface area contributed by atoms with Crippen molar-refractivity contribution in [3.63, 3.8) is 0 Å². The Balaban J connectivity index is 1.75. The van der Waals surface area contributed by atoms with E-state index < -0.39 is 0 Å². The lowest BCUT2D eigenvalue weighted by Gasteiger charge is -2.08. The number of nitrogens with one attached hydrogen (secondary N) is 1. The van der Waals surface area contributed by atoms with Crippen LogP contribution in [0.5, 0.6) is 5.75 Å². The summed E-state index contributed by atoms with van der Waals surface area (Å²) in [7, 11) is 0. The minimum atomic E-state index is -0.0781. The zero-order valence-corrected chi connectivity index (χ0v) is 16.2. The number of halogens is 1. The van der Waals surface area contributed by atoms with E-state index >= 15 is 0 Å². The lowest BCUT2D eigenvalue weighted by molar-refractivity contribution is -0.116. The molecule has 128 valence electrons. The highest BCUT2D eigenvalue weighted by Gasteiger charge is 2.01. The van der Waals surface area contributed by atoms with Crippen LogP contribution in [0.2, 0.25) is 0 Å². The first kappa shape index (κ1) is 18.7. The smallest absolute Gasteiger partial charge is 0.244 e. The highest BCUT2D eigenvalue weighted by molar-refractivity contribution is 9.10. The van der Waals surface area contributed by atoms with Crippen molar-refractivity contribution < 1.29 is 9.53 Å². The molecule has 0 saturated carbocycles. The average molecular weight is 408 g/mol. The van der Waals surface area contributed by atoms with Crippen molar-refractivity contribution in [2.75, 3.05) is 13.2 Å². The predicted octanol–water partition coefficient (Wildman–Crippen LogP) is 5.06. The molecule has 0 spiro atoms. The Bertz CT molecular complexity index is 682. The minimum absolute atomic E-state index is 0.0781. The van der Waals surface area contributed by atoms with Crippen molar-refractivity contribution >= 4 is 39.2 Å². The molecule has 0 aliphatic rings. The van der Waals surface area contributed by atoms with Crippen LogP contribution >= 0.6 is 27.3 Å². The van der Waals surface area contributed by atoms with E-state index in [0.29, 0.717) is 6.54 Å². The standard InChI is InChI=1S/C19H22BrNO2S/c1-2-3-12-23-16-6-4-5-15(14-16)9-11-21-19(22)8-7-18-17(20)10-13-24-18/h4-8,10,13-14H,2-3,9,11-12H2,1H3,(H,21,22)/b8-7+. The third-order valence-corrected chi connectivity index (χ3v) is 5.24. The maximum absolute atomic E-state index is 11.8. The summed E-state index contributed by atoms with van der Waals surface area (Å²) in [6, 6.07) is 10.0. The molecule has 0 saturated heterocycles. The van der Waals surface area contributed by atoms with Gasteiger partial charge in [0.1, 0.15) is 5.75 Å². The van der Waals surface area contributed by atoms with Gasteiger partial charge in [0.15, 0.2) is 0 Å². The van der Waals surface area contributed by atoms with Crippen molar-refractivity contribution in [1.82, 2.24) is 5.32 Å². The Labute approximate surface area is 155 Å². The number of hydrogen-bond acceptors (Lipinski definition) is 3. The van der Waals surface area contributed by atoms with Crippen LogP contribution in [0.15, 0.2) is 46.3 Å². The molecule has 24 heavy (non-hydrogen) atoms. The average Bonchev–Trinajstić information content (AvgIpc) is 2.99. The van der Waals surface area contributed by atoms with E-state index in [9.17, 15) is 4.79 Å². The van der Waals surface area contributed by atoms with Crippen molar-refractivity contribution in [3.05, 3.63) is 56.7 Å². The predicted molar refractivity (Wildman–Crippen MR) is 105 cm³/mol. The van der Waals surface area contributed by atoms with E-state index in [-0.39, 0.29) is 5.91 Å². The molecule has 2 aromatic rings. The van der Waals surface area contributed by atoms with Crippen LogP contribution in [0.1, 0.15) is 30.2 Å². The molecule has 0 fully saturated rings. The summed E-state index contributed by atoms with van der Waals surface area (Å²) in [6.07, 6.45) is 6.37. The Morgan fingerprint density at radius 1 is 1.38 bits per heavy atom. The molecule has 1 aromatic heterocycles. The molecule has 0 atom stereocenters. The van der Waals surface area contributed by atoms with Gasteiger partial charge in [0.2, 0.25) is 5.91 Å². The maximum atomic E-state index is 11.8. The second kappa shape index (κ2) is 10.3. The lowest BCUT2D eigenvalue weighted by Crippen LogP contribution is -2.23. The number of hydrogen-bond donors (Lipinski definition) is 1. The Morgan fingerprint density at radius 2 is 2.25 bits per heavy atom. The first-order valence-electron chi connectivity index (χ1n) is 8.09. The SMILES string of the molecule is CCCCOc1cccc(CCNC(=O)/C=C/c2sccc2Br)c1. The molecule has 5 heteroatoms. The first-order chi connectivity index (χ1) is 11.7. The van der Waals surface area contributed by atoms with Crippen LogP contribution in [0.25, 0.3) is 6.08 Å². The summed E-state index contributed by atoms with van der Waals surface area (Å²) < 4.78 is 6.71. The van der Waals surface area contributed by atoms with Gasteiger partial charge >= 0.3 is 0 Å². The van der Waals surface area contributed by atoms with Gasteiger partial charge in [-0.15, -0.1) is 11.3 Å². The summed E-state index contributed by atoms with van der Waals surface area (Å²) >= 11 is 5.04. The maximum Gasteiger partial charge on any atom is 0.244 e. The third kappa shape index (κ3) is 6.49. The van der Waals surface area contributed by atoms with Crippen LogP contribution < -0.4 is 10.1 Å². The molecular weight excluding hydrogens is 386 g/mol. The fourth-order valence-corrected chi connectivity index (χ4v) is 3.49. The summed E-state index contributed by atoms with van der Waals surface area (Å²) in [5.74, 6) is 0.820. The molecule has 0 aliphatic heterocycles. The van der Waals surface area contributed by atoms with Gasteiger partial charge in [0.25, 0.3) is 0 Å². The molecule has 1 aromatic carbocycles. The molecule has 3 nitrogen and oxygen atoms in total. The Kier molecular flexibility index (Phi) is 8.05. The summed E-state index contributed by atoms with van der Waals surface area (Å²) in [6.45, 7) is 3.50. The number of rotatable bonds is 9. The summed E-state index contributed by atoms with van der Waals surface area (Å²) in [4.78, 5) is 12.9. The van der Waals surface area contributed by atoms with Crippen LogP contribution in [0, 0.1) is 0 Å². The molecule has 1 heterocycles. The fourth-order valence-electron chi connectivity index (χ4n) is 2.09. The number of ether oxygens (including phenoxy) is 1. The number of amides is 1. The molecule has 1 N–H and O–H groups in total. The van der Waals surface area contributed by atoms with E-state index in [1.165, 1.54) is 0 Å². The number of carbonyl (C=O) groups excluding carboxylic acids is 1. The summed E-state index contributed by atoms with van der Waals surface area (Å²) in [5, 5.41) is 4.89. The van der Waals surface area contributed by atoms with Gasteiger partial charge in [-0.2, -0.15) is 0 Å². The van der Waals surface area contributed by atoms with Gasteiger partial charge in [-0.05, 0) is 64.0 Å². The van der Waals surface area contributed by atoms with Crippen LogP contribution in [0.4, 0.5) is 0 Å². The van der Waals surface area contributed by atoms with E-state index in [1.54, 1.807) is 17.4 Å². The van der Waals surface area contributed by atoms with Gasteiger partial charge in [-0.25, -0.2) is 0 Å². The molecule has 0 aliphatic carbocycles. The van der Waals surface area contributed by atoms with E-state index in [1.807, 2.05) is 35.7 Å². The number of thiophene rings is 1. The van der Waals surface area contributed by atoms with Crippen molar-refractivity contribution in [2.24, 2.45) is 0 Å². The zero-order valence-electron chi connectivity index (χ0n) is 13.8. The second-order valence-corrected chi connectivity index (χ2v) is 7.16. The monoisotopic (exact) mass is 407 g/mol. The lowest BCUT2D eigenvalue weighted by atomic mass is 10.1. The van der Waals surface area contributed by atoms with E-state index in [2.05, 4.69) is 34.2 Å². The topological polar surface area (TPSA) is 38.3 Å². The first-order valence-corrected chi connectivity index (χ1v) is 9.77. The van der Waals surface area contributed by atoms with E-state index in [0.717, 1.165) is 46.5 Å². The third-order valence-electron chi connectivity index (χ3n) is 3.41. The Morgan fingerprint density at radius 3 is 3.00 bits per heavy atom. The van der Waals surface area contributed by atoms with Gasteiger partial charge in [0.05, 0.1) is 6.61 Å². The molecular formula is C19H22BrNO2S. The zero-order chi connectivity index (χ0) is 17.2. The number of unbranched alkanes of at least 4 members (excludes halogenated alkanes) is 1. The number of carbonyl (C=O) groups is 1. The molecule has 2 rings (SSSR count). The summed E-state index contributed by atoms with van der Waals surface area (Å²) in [5.41, 5.74) is 1.16. The van der Waals surface area contributed by atoms with E-state index in [4.69, 9.17) is 4.74 Å². The van der Waals surface area contributed by atoms with Gasteiger partial charge in [-0.3, -0.25) is 4.79 Å². The fraction of sp³-hybridized carbons (Fsp3) is 0.316. The van der Waals surface area contributed by atoms with Gasteiger partial charge in [0, 0.05) is 22.0 Å². The highest BCUT2D eigenvalue weighted by atomic mass is 79.9. The molecule has 1 amide bonds. The molecule has 0 bridgehead atoms. The van der Waals surface area contributed by atoms with Crippen LogP contribution in [-0.2, 0) is 11.2 Å². The molecule has 0 radical (unpaired) electrons. The second-order valence-electron chi connectivity index (χ2n) is 5.36. The van der Waals surface area contributed by atoms with Crippen molar-refractivity contribution in [1.29, 1.82) is 0 Å². The Hall–Kier alpha value is -1.59. The van der Waals surface area contributed by atoms with Crippen molar-refractivity contribution in [3.8, 4) is 5.75 Å². The molecule has 0 unspecified atom stereocenters. The quantitative estimate of drug-likeness (QED) is 0.465. The van der Waals surface area contributed by atoms with Gasteiger partial charge < -0.3 is 10.1 Å². The minimum Gasteiger partial charge on any atom is -0.494 e. The highest BCUT2D eigenvalue weighted by Crippen LogP contribution is 2.23. The van der Waals surface area contributed by atoms with Crippen molar-refractivity contribution in [2.45, 2.75) is 26.2 Å². The largest absolute Gasteiger partial charge is 0.494 e. The normalized spacial score (nSPS) is 10.9. The van der Waals surface area contributed by atoms with Crippen LogP contribution in [-0.4, -0.2) is 19.1 Å².